The van der Waals surface area contributed by atoms with Crippen LogP contribution in [0.5, 0.6) is 0 Å². The van der Waals surface area contributed by atoms with Crippen molar-refractivity contribution in [3.8, 4) is 0 Å². The quantitative estimate of drug-likeness (QED) is 0.722. The lowest BCUT2D eigenvalue weighted by atomic mass is 10.1. The summed E-state index contributed by atoms with van der Waals surface area (Å²) < 4.78 is 28.0. The molecule has 0 aromatic heterocycles. The van der Waals surface area contributed by atoms with Gasteiger partial charge in [0.1, 0.15) is 0 Å². The third-order valence-corrected chi connectivity index (χ3v) is 4.41. The normalized spacial score (nSPS) is 24.7. The van der Waals surface area contributed by atoms with Gasteiger partial charge in [-0.05, 0) is 26.7 Å². The fourth-order valence-electron chi connectivity index (χ4n) is 1.89. The molecular formula is C9H21N3O2S. The minimum absolute atomic E-state index is 0.0324. The van der Waals surface area contributed by atoms with Crippen molar-refractivity contribution in [2.24, 2.45) is 5.73 Å². The van der Waals surface area contributed by atoms with Crippen LogP contribution in [0.3, 0.4) is 0 Å². The third-order valence-electron chi connectivity index (χ3n) is 2.54. The van der Waals surface area contributed by atoms with Gasteiger partial charge in [0.15, 0.2) is 0 Å². The van der Waals surface area contributed by atoms with Crippen LogP contribution in [0.4, 0.5) is 0 Å². The average molecular weight is 235 g/mol. The topological polar surface area (TPSA) is 75.4 Å². The first-order valence-electron chi connectivity index (χ1n) is 5.46. The van der Waals surface area contributed by atoms with E-state index in [2.05, 4.69) is 4.72 Å². The van der Waals surface area contributed by atoms with Crippen LogP contribution in [0, 0.1) is 0 Å². The van der Waals surface area contributed by atoms with E-state index in [1.54, 1.807) is 0 Å². The van der Waals surface area contributed by atoms with Crippen molar-refractivity contribution in [3.05, 3.63) is 0 Å². The van der Waals surface area contributed by atoms with Crippen molar-refractivity contribution in [2.75, 3.05) is 13.1 Å². The molecule has 1 rings (SSSR count). The summed E-state index contributed by atoms with van der Waals surface area (Å²) in [6, 6.07) is -0.106. The molecule has 0 radical (unpaired) electrons. The predicted octanol–water partition coefficient (Wildman–Crippen LogP) is 0.0424. The molecule has 5 nitrogen and oxygen atoms in total. The van der Waals surface area contributed by atoms with E-state index in [1.165, 1.54) is 4.31 Å². The van der Waals surface area contributed by atoms with Crippen LogP contribution in [0.15, 0.2) is 0 Å². The molecule has 1 aliphatic heterocycles. The summed E-state index contributed by atoms with van der Waals surface area (Å²) in [5.41, 5.74) is 5.59. The Hall–Kier alpha value is -0.170. The smallest absolute Gasteiger partial charge is 0.279 e. The first-order valence-corrected chi connectivity index (χ1v) is 6.90. The summed E-state index contributed by atoms with van der Waals surface area (Å²) in [4.78, 5) is 0. The van der Waals surface area contributed by atoms with E-state index in [1.807, 2.05) is 13.8 Å². The molecule has 1 fully saturated rings. The molecule has 3 N–H and O–H groups in total. The summed E-state index contributed by atoms with van der Waals surface area (Å²) in [6.07, 6.45) is 2.86. The van der Waals surface area contributed by atoms with E-state index in [-0.39, 0.29) is 12.1 Å². The largest absolute Gasteiger partial charge is 0.329 e. The lowest BCUT2D eigenvalue weighted by Gasteiger charge is -2.34. The highest BCUT2D eigenvalue weighted by molar-refractivity contribution is 7.87. The molecule has 15 heavy (non-hydrogen) atoms. The summed E-state index contributed by atoms with van der Waals surface area (Å²) in [7, 11) is -3.34. The molecule has 0 saturated carbocycles. The van der Waals surface area contributed by atoms with E-state index in [9.17, 15) is 8.42 Å². The summed E-state index contributed by atoms with van der Waals surface area (Å²) in [5, 5.41) is 0. The van der Waals surface area contributed by atoms with Gasteiger partial charge >= 0.3 is 0 Å². The maximum Gasteiger partial charge on any atom is 0.279 e. The molecule has 1 aliphatic rings. The first-order chi connectivity index (χ1) is 6.97. The minimum atomic E-state index is -3.34. The van der Waals surface area contributed by atoms with Gasteiger partial charge in [-0.25, -0.2) is 0 Å². The second kappa shape index (κ2) is 5.25. The van der Waals surface area contributed by atoms with Crippen molar-refractivity contribution in [1.29, 1.82) is 0 Å². The molecule has 1 saturated heterocycles. The Morgan fingerprint density at radius 1 is 1.47 bits per heavy atom. The highest BCUT2D eigenvalue weighted by Gasteiger charge is 2.31. The van der Waals surface area contributed by atoms with Gasteiger partial charge in [0.2, 0.25) is 0 Å². The number of nitrogens with one attached hydrogen (secondary N) is 1. The highest BCUT2D eigenvalue weighted by atomic mass is 32.2. The monoisotopic (exact) mass is 235 g/mol. The number of nitrogens with two attached hydrogens (primary N) is 1. The first kappa shape index (κ1) is 12.9. The fraction of sp³-hybridized carbons (Fsp3) is 1.00. The molecule has 0 aromatic rings. The highest BCUT2D eigenvalue weighted by Crippen LogP contribution is 2.18. The minimum Gasteiger partial charge on any atom is -0.329 e. The Balaban J connectivity index is 2.74. The molecule has 0 amide bonds. The van der Waals surface area contributed by atoms with Gasteiger partial charge in [0.05, 0.1) is 0 Å². The maximum atomic E-state index is 11.9. The van der Waals surface area contributed by atoms with E-state index >= 15 is 0 Å². The van der Waals surface area contributed by atoms with Crippen LogP contribution in [0.1, 0.15) is 33.1 Å². The Morgan fingerprint density at radius 2 is 2.13 bits per heavy atom. The molecule has 1 unspecified atom stereocenters. The Kier molecular flexibility index (Phi) is 4.51. The second-order valence-corrected chi connectivity index (χ2v) is 5.93. The van der Waals surface area contributed by atoms with E-state index in [0.29, 0.717) is 13.1 Å². The lowest BCUT2D eigenvalue weighted by molar-refractivity contribution is 0.253. The van der Waals surface area contributed by atoms with E-state index in [4.69, 9.17) is 5.73 Å². The lowest BCUT2D eigenvalue weighted by Crippen LogP contribution is -2.52. The molecule has 0 bridgehead atoms. The molecule has 6 heteroatoms. The number of piperidine rings is 1. The van der Waals surface area contributed by atoms with Crippen LogP contribution in [0.25, 0.3) is 0 Å². The van der Waals surface area contributed by atoms with Gasteiger partial charge in [0, 0.05) is 25.2 Å². The maximum absolute atomic E-state index is 11.9. The van der Waals surface area contributed by atoms with Crippen molar-refractivity contribution in [2.45, 2.75) is 45.2 Å². The number of hydrogen-bond acceptors (Lipinski definition) is 3. The summed E-state index contributed by atoms with van der Waals surface area (Å²) in [6.45, 7) is 4.63. The van der Waals surface area contributed by atoms with Gasteiger partial charge in [-0.15, -0.1) is 0 Å². The van der Waals surface area contributed by atoms with Crippen LogP contribution < -0.4 is 10.5 Å². The van der Waals surface area contributed by atoms with Crippen molar-refractivity contribution in [1.82, 2.24) is 9.03 Å². The molecule has 0 spiro atoms. The van der Waals surface area contributed by atoms with Gasteiger partial charge in [-0.1, -0.05) is 6.42 Å². The van der Waals surface area contributed by atoms with Gasteiger partial charge in [0.25, 0.3) is 10.2 Å². The second-order valence-electron chi connectivity index (χ2n) is 4.27. The van der Waals surface area contributed by atoms with E-state index < -0.39 is 10.2 Å². The van der Waals surface area contributed by atoms with Gasteiger partial charge < -0.3 is 5.73 Å². The number of rotatable bonds is 4. The van der Waals surface area contributed by atoms with Crippen LogP contribution in [-0.4, -0.2) is 37.9 Å². The predicted molar refractivity (Wildman–Crippen MR) is 60.6 cm³/mol. The molecule has 90 valence electrons. The molecular weight excluding hydrogens is 214 g/mol. The molecule has 0 aromatic carbocycles. The zero-order chi connectivity index (χ0) is 11.5. The van der Waals surface area contributed by atoms with Crippen molar-refractivity contribution < 1.29 is 8.42 Å². The SMILES string of the molecule is CC(C)NS(=O)(=O)N1CCCCC1CN. The van der Waals surface area contributed by atoms with Gasteiger partial charge in [-0.3, -0.25) is 0 Å². The molecule has 1 heterocycles. The van der Waals surface area contributed by atoms with Crippen LogP contribution >= 0.6 is 0 Å². The van der Waals surface area contributed by atoms with Crippen LogP contribution in [0.2, 0.25) is 0 Å². The number of nitrogens with zero attached hydrogens (tertiary/aromatic N) is 1. The van der Waals surface area contributed by atoms with Gasteiger partial charge in [-0.2, -0.15) is 17.4 Å². The molecule has 1 atom stereocenters. The Labute approximate surface area is 92.2 Å². The Morgan fingerprint density at radius 3 is 2.67 bits per heavy atom. The van der Waals surface area contributed by atoms with E-state index in [0.717, 1.165) is 19.3 Å². The zero-order valence-electron chi connectivity index (χ0n) is 9.44. The number of hydrogen-bond donors (Lipinski definition) is 2. The summed E-state index contributed by atoms with van der Waals surface area (Å²) in [5.74, 6) is 0. The van der Waals surface area contributed by atoms with Crippen LogP contribution in [-0.2, 0) is 10.2 Å². The van der Waals surface area contributed by atoms with Crippen molar-refractivity contribution in [3.63, 3.8) is 0 Å². The fourth-order valence-corrected chi connectivity index (χ4v) is 3.58. The van der Waals surface area contributed by atoms with Crippen molar-refractivity contribution >= 4 is 10.2 Å². The third kappa shape index (κ3) is 3.41. The average Bonchev–Trinajstić information content (AvgIpc) is 2.16. The summed E-state index contributed by atoms with van der Waals surface area (Å²) >= 11 is 0. The zero-order valence-corrected chi connectivity index (χ0v) is 10.3. The Bertz CT molecular complexity index is 290. The standard InChI is InChI=1S/C9H21N3O2S/c1-8(2)11-15(13,14)12-6-4-3-5-9(12)7-10/h8-9,11H,3-7,10H2,1-2H3. The molecule has 0 aliphatic carbocycles.